The molecular weight excluding hydrogens is 339 g/mol. The van der Waals surface area contributed by atoms with E-state index in [1.54, 1.807) is 6.07 Å². The van der Waals surface area contributed by atoms with Crippen LogP contribution < -0.4 is 10.1 Å². The molecule has 1 saturated carbocycles. The number of hydrogen-bond acceptors (Lipinski definition) is 4. The lowest BCUT2D eigenvalue weighted by molar-refractivity contribution is -0.152. The summed E-state index contributed by atoms with van der Waals surface area (Å²) < 4.78 is 19.0. The van der Waals surface area contributed by atoms with Crippen molar-refractivity contribution in [2.75, 3.05) is 7.05 Å². The third-order valence-electron chi connectivity index (χ3n) is 5.09. The molecule has 3 rings (SSSR count). The molecule has 2 N–H and O–H groups in total. The number of nitrogens with one attached hydrogen (secondary N) is 1. The minimum absolute atomic E-state index is 0.0948. The molecule has 2 unspecified atom stereocenters. The fourth-order valence-electron chi connectivity index (χ4n) is 3.47. The number of piperidine rings is 1. The molecule has 6 nitrogen and oxygen atoms in total. The van der Waals surface area contributed by atoms with Gasteiger partial charge in [0.1, 0.15) is 6.23 Å². The Morgan fingerprint density at radius 1 is 1.42 bits per heavy atom. The molecule has 2 atom stereocenters. The summed E-state index contributed by atoms with van der Waals surface area (Å²) in [5, 5.41) is 12.7. The summed E-state index contributed by atoms with van der Waals surface area (Å²) in [4.78, 5) is 25.4. The quantitative estimate of drug-likeness (QED) is 0.813. The molecule has 1 heterocycles. The number of aliphatic hydroxyl groups excluding tert-OH is 1. The van der Waals surface area contributed by atoms with Gasteiger partial charge in [0.2, 0.25) is 5.91 Å². The fraction of sp³-hybridized carbons (Fsp3) is 0.579. The monoisotopic (exact) mass is 364 g/mol. The molecule has 0 bridgehead atoms. The molecule has 2 amide bonds. The van der Waals surface area contributed by atoms with Crippen LogP contribution in [-0.4, -0.2) is 35.3 Å². The van der Waals surface area contributed by atoms with E-state index in [0.29, 0.717) is 37.2 Å². The first-order valence-electron chi connectivity index (χ1n) is 9.18. The van der Waals surface area contributed by atoms with E-state index >= 15 is 0 Å². The summed E-state index contributed by atoms with van der Waals surface area (Å²) in [5.41, 5.74) is 0.667. The molecule has 2 aliphatic rings. The molecular formula is C19H25FN2O4. The van der Waals surface area contributed by atoms with E-state index in [1.165, 1.54) is 36.9 Å². The van der Waals surface area contributed by atoms with E-state index in [1.807, 2.05) is 0 Å². The molecule has 0 aromatic heterocycles. The van der Waals surface area contributed by atoms with E-state index < -0.39 is 18.1 Å². The topological polar surface area (TPSA) is 78.9 Å². The third-order valence-corrected chi connectivity index (χ3v) is 5.09. The van der Waals surface area contributed by atoms with Gasteiger partial charge in [-0.2, -0.15) is 0 Å². The van der Waals surface area contributed by atoms with E-state index in [9.17, 15) is 19.1 Å². The molecule has 1 aliphatic heterocycles. The Bertz CT molecular complexity index is 678. The predicted molar refractivity (Wildman–Crippen MR) is 92.9 cm³/mol. The van der Waals surface area contributed by atoms with Crippen LogP contribution in [0.4, 0.5) is 9.18 Å². The smallest absolute Gasteiger partial charge is 0.407 e. The highest BCUT2D eigenvalue weighted by molar-refractivity contribution is 5.77. The Kier molecular flexibility index (Phi) is 5.76. The van der Waals surface area contributed by atoms with Crippen molar-refractivity contribution in [2.45, 2.75) is 57.2 Å². The average Bonchev–Trinajstić information content (AvgIpc) is 3.44. The summed E-state index contributed by atoms with van der Waals surface area (Å²) in [7, 11) is 1.39. The third kappa shape index (κ3) is 4.33. The number of ether oxygens (including phenoxy) is 1. The summed E-state index contributed by atoms with van der Waals surface area (Å²) in [6.45, 7) is 0. The van der Waals surface area contributed by atoms with Crippen LogP contribution in [0.15, 0.2) is 18.2 Å². The van der Waals surface area contributed by atoms with Gasteiger partial charge in [-0.25, -0.2) is 9.18 Å². The lowest BCUT2D eigenvalue weighted by Gasteiger charge is -2.39. The molecule has 2 fully saturated rings. The number of halogens is 1. The van der Waals surface area contributed by atoms with Crippen LogP contribution in [-0.2, 0) is 4.79 Å². The number of amides is 2. The summed E-state index contributed by atoms with van der Waals surface area (Å²) >= 11 is 0. The van der Waals surface area contributed by atoms with Gasteiger partial charge in [-0.1, -0.05) is 18.9 Å². The number of aliphatic hydroxyl groups is 1. The van der Waals surface area contributed by atoms with Gasteiger partial charge in [0.15, 0.2) is 11.6 Å². The van der Waals surface area contributed by atoms with Crippen LogP contribution in [0.3, 0.4) is 0 Å². The number of hydrogen-bond donors (Lipinski definition) is 2. The normalized spacial score (nSPS) is 21.4. The van der Waals surface area contributed by atoms with Crippen molar-refractivity contribution in [1.82, 2.24) is 10.2 Å². The van der Waals surface area contributed by atoms with Gasteiger partial charge < -0.3 is 20.1 Å². The number of nitrogens with zero attached hydrogens (tertiary/aromatic N) is 1. The largest absolute Gasteiger partial charge is 0.412 e. The Labute approximate surface area is 152 Å². The van der Waals surface area contributed by atoms with Gasteiger partial charge >= 0.3 is 6.09 Å². The van der Waals surface area contributed by atoms with Crippen molar-refractivity contribution in [1.29, 1.82) is 0 Å². The second kappa shape index (κ2) is 8.03. The molecule has 1 saturated heterocycles. The van der Waals surface area contributed by atoms with Gasteiger partial charge in [0.05, 0.1) is 6.04 Å². The lowest BCUT2D eigenvalue weighted by atomic mass is 9.95. The number of benzene rings is 1. The number of carbonyl (C=O) groups excluding carboxylic acids is 2. The first-order chi connectivity index (χ1) is 12.5. The molecule has 7 heteroatoms. The van der Waals surface area contributed by atoms with Crippen molar-refractivity contribution < 1.29 is 23.8 Å². The maximum absolute atomic E-state index is 14.0. The maximum atomic E-state index is 14.0. The van der Waals surface area contributed by atoms with Crippen LogP contribution in [0.1, 0.15) is 56.6 Å². The molecule has 26 heavy (non-hydrogen) atoms. The maximum Gasteiger partial charge on any atom is 0.412 e. The molecule has 1 aliphatic carbocycles. The van der Waals surface area contributed by atoms with Crippen LogP contribution in [0, 0.1) is 11.7 Å². The number of rotatable bonds is 6. The second-order valence-corrected chi connectivity index (χ2v) is 7.04. The van der Waals surface area contributed by atoms with E-state index in [0.717, 1.165) is 6.42 Å². The second-order valence-electron chi connectivity index (χ2n) is 7.04. The summed E-state index contributed by atoms with van der Waals surface area (Å²) in [6.07, 6.45) is 4.03. The Hall–Kier alpha value is -2.15. The fourth-order valence-corrected chi connectivity index (χ4v) is 3.47. The highest BCUT2D eigenvalue weighted by Crippen LogP contribution is 2.40. The first kappa shape index (κ1) is 18.6. The van der Waals surface area contributed by atoms with Crippen molar-refractivity contribution >= 4 is 12.0 Å². The number of likely N-dealkylation sites (tertiary alicyclic amines) is 1. The van der Waals surface area contributed by atoms with Crippen LogP contribution in [0.5, 0.6) is 5.75 Å². The SMILES string of the molecule is CNC(=O)Oc1cc(C(CCC2CC2)N2C(=O)CCCC2O)ccc1F. The van der Waals surface area contributed by atoms with Gasteiger partial charge in [-0.15, -0.1) is 0 Å². The highest BCUT2D eigenvalue weighted by Gasteiger charge is 2.35. The van der Waals surface area contributed by atoms with Crippen molar-refractivity contribution in [2.24, 2.45) is 5.92 Å². The summed E-state index contributed by atoms with van der Waals surface area (Å²) in [5.74, 6) is -0.264. The first-order valence-corrected chi connectivity index (χ1v) is 9.18. The van der Waals surface area contributed by atoms with Gasteiger partial charge in [-0.05, 0) is 49.3 Å². The molecule has 142 valence electrons. The Balaban J connectivity index is 1.88. The zero-order chi connectivity index (χ0) is 18.7. The zero-order valence-corrected chi connectivity index (χ0v) is 14.9. The molecule has 1 aromatic rings. The van der Waals surface area contributed by atoms with Gasteiger partial charge in [-0.3, -0.25) is 4.79 Å². The van der Waals surface area contributed by atoms with E-state index in [4.69, 9.17) is 4.74 Å². The van der Waals surface area contributed by atoms with Crippen molar-refractivity contribution in [3.8, 4) is 5.75 Å². The van der Waals surface area contributed by atoms with E-state index in [-0.39, 0.29) is 17.7 Å². The van der Waals surface area contributed by atoms with Crippen molar-refractivity contribution in [3.63, 3.8) is 0 Å². The van der Waals surface area contributed by atoms with Crippen LogP contribution >= 0.6 is 0 Å². The number of carbonyl (C=O) groups is 2. The predicted octanol–water partition coefficient (Wildman–Crippen LogP) is 3.11. The zero-order valence-electron chi connectivity index (χ0n) is 14.9. The average molecular weight is 364 g/mol. The molecule has 0 spiro atoms. The van der Waals surface area contributed by atoms with Crippen molar-refractivity contribution in [3.05, 3.63) is 29.6 Å². The summed E-state index contributed by atoms with van der Waals surface area (Å²) in [6, 6.07) is 3.93. The Morgan fingerprint density at radius 3 is 2.85 bits per heavy atom. The van der Waals surface area contributed by atoms with Gasteiger partial charge in [0, 0.05) is 13.5 Å². The molecule has 0 radical (unpaired) electrons. The Morgan fingerprint density at radius 2 is 2.19 bits per heavy atom. The highest BCUT2D eigenvalue weighted by atomic mass is 19.1. The van der Waals surface area contributed by atoms with E-state index in [2.05, 4.69) is 5.32 Å². The minimum atomic E-state index is -0.839. The van der Waals surface area contributed by atoms with Crippen LogP contribution in [0.25, 0.3) is 0 Å². The lowest BCUT2D eigenvalue weighted by Crippen LogP contribution is -2.45. The minimum Gasteiger partial charge on any atom is -0.407 e. The van der Waals surface area contributed by atoms with Crippen LogP contribution in [0.2, 0.25) is 0 Å². The molecule has 1 aromatic carbocycles. The standard InChI is InChI=1S/C19H25FN2O4/c1-21-19(25)26-16-11-13(8-9-14(16)20)15(10-7-12-5-6-12)22-17(23)3-2-4-18(22)24/h8-9,11-12,15,17,23H,2-7,10H2,1H3,(H,21,25). The van der Waals surface area contributed by atoms with Gasteiger partial charge in [0.25, 0.3) is 0 Å².